The first-order valence-electron chi connectivity index (χ1n) is 9.05. The van der Waals surface area contributed by atoms with Crippen molar-refractivity contribution < 1.29 is 14.1 Å². The Bertz CT molecular complexity index is 840. The second-order valence-corrected chi connectivity index (χ2v) is 8.32. The number of rotatable bonds is 8. The van der Waals surface area contributed by atoms with Gasteiger partial charge in [-0.25, -0.2) is 0 Å². The van der Waals surface area contributed by atoms with Gasteiger partial charge in [-0.15, -0.1) is 11.3 Å². The molecule has 8 heteroatoms. The molecule has 142 valence electrons. The van der Waals surface area contributed by atoms with E-state index in [4.69, 9.17) is 9.26 Å². The van der Waals surface area contributed by atoms with Crippen molar-refractivity contribution >= 4 is 28.6 Å². The summed E-state index contributed by atoms with van der Waals surface area (Å²) in [7, 11) is 0. The van der Waals surface area contributed by atoms with Crippen LogP contribution in [0.4, 0.5) is 0 Å². The second kappa shape index (κ2) is 8.77. The average molecular weight is 404 g/mol. The third kappa shape index (κ3) is 4.82. The molecular weight excluding hydrogens is 382 g/mol. The molecule has 1 unspecified atom stereocenters. The van der Waals surface area contributed by atoms with Gasteiger partial charge in [0.15, 0.2) is 0 Å². The number of carbonyl (C=O) groups excluding carboxylic acids is 1. The summed E-state index contributed by atoms with van der Waals surface area (Å²) >= 11 is 3.26. The molecule has 4 heterocycles. The summed E-state index contributed by atoms with van der Waals surface area (Å²) in [6, 6.07) is 6.03. The molecule has 0 radical (unpaired) electrons. The molecule has 4 rings (SSSR count). The molecular formula is C19H21N3O3S2. The van der Waals surface area contributed by atoms with Crippen LogP contribution >= 0.6 is 22.7 Å². The van der Waals surface area contributed by atoms with E-state index in [1.165, 1.54) is 4.88 Å². The van der Waals surface area contributed by atoms with Gasteiger partial charge in [0.05, 0.1) is 12.6 Å². The average Bonchev–Trinajstić information content (AvgIpc) is 3.48. The van der Waals surface area contributed by atoms with Gasteiger partial charge in [-0.2, -0.15) is 16.3 Å². The predicted octanol–water partition coefficient (Wildman–Crippen LogP) is 4.00. The minimum Gasteiger partial charge on any atom is -0.376 e. The van der Waals surface area contributed by atoms with Gasteiger partial charge in [0.25, 0.3) is 0 Å². The molecule has 0 N–H and O–H groups in total. The van der Waals surface area contributed by atoms with E-state index in [0.29, 0.717) is 37.6 Å². The lowest BCUT2D eigenvalue weighted by Gasteiger charge is -2.25. The maximum absolute atomic E-state index is 12.9. The Labute approximate surface area is 165 Å². The summed E-state index contributed by atoms with van der Waals surface area (Å²) in [5.41, 5.74) is 0.944. The molecule has 1 amide bonds. The lowest BCUT2D eigenvalue weighted by molar-refractivity contribution is -0.133. The summed E-state index contributed by atoms with van der Waals surface area (Å²) < 4.78 is 11.0. The van der Waals surface area contributed by atoms with Crippen LogP contribution < -0.4 is 0 Å². The van der Waals surface area contributed by atoms with Gasteiger partial charge in [0.1, 0.15) is 0 Å². The number of aromatic nitrogens is 2. The van der Waals surface area contributed by atoms with E-state index in [0.717, 1.165) is 25.0 Å². The zero-order valence-corrected chi connectivity index (χ0v) is 16.5. The smallest absolute Gasteiger partial charge is 0.227 e. The van der Waals surface area contributed by atoms with Crippen LogP contribution in [0.2, 0.25) is 0 Å². The van der Waals surface area contributed by atoms with E-state index in [1.54, 1.807) is 22.7 Å². The molecule has 1 aliphatic rings. The largest absolute Gasteiger partial charge is 0.376 e. The van der Waals surface area contributed by atoms with Gasteiger partial charge in [-0.1, -0.05) is 11.2 Å². The van der Waals surface area contributed by atoms with Crippen molar-refractivity contribution in [3.63, 3.8) is 0 Å². The number of ether oxygens (including phenoxy) is 1. The van der Waals surface area contributed by atoms with Crippen molar-refractivity contribution in [3.8, 4) is 11.4 Å². The monoisotopic (exact) mass is 403 g/mol. The molecule has 6 nitrogen and oxygen atoms in total. The Morgan fingerprint density at radius 3 is 3.04 bits per heavy atom. The van der Waals surface area contributed by atoms with Crippen LogP contribution in [0.3, 0.4) is 0 Å². The van der Waals surface area contributed by atoms with Crippen LogP contribution in [0.5, 0.6) is 0 Å². The Hall–Kier alpha value is -2.03. The molecule has 3 aromatic rings. The lowest BCUT2D eigenvalue weighted by Crippen LogP contribution is -2.36. The van der Waals surface area contributed by atoms with Crippen molar-refractivity contribution in [1.82, 2.24) is 15.0 Å². The quantitative estimate of drug-likeness (QED) is 0.569. The van der Waals surface area contributed by atoms with Gasteiger partial charge in [-0.05, 0) is 35.7 Å². The van der Waals surface area contributed by atoms with Crippen molar-refractivity contribution in [3.05, 3.63) is 45.1 Å². The Morgan fingerprint density at radius 2 is 2.30 bits per heavy atom. The van der Waals surface area contributed by atoms with Gasteiger partial charge >= 0.3 is 0 Å². The molecule has 1 atom stereocenters. The number of hydrogen-bond donors (Lipinski definition) is 0. The minimum absolute atomic E-state index is 0.0918. The van der Waals surface area contributed by atoms with E-state index >= 15 is 0 Å². The van der Waals surface area contributed by atoms with Crippen LogP contribution in [0.15, 0.2) is 38.9 Å². The number of amides is 1. The van der Waals surface area contributed by atoms with Crippen LogP contribution in [-0.2, 0) is 22.5 Å². The molecule has 27 heavy (non-hydrogen) atoms. The lowest BCUT2D eigenvalue weighted by atomic mass is 10.2. The summed E-state index contributed by atoms with van der Waals surface area (Å²) in [4.78, 5) is 20.3. The van der Waals surface area contributed by atoms with Crippen molar-refractivity contribution in [2.45, 2.75) is 38.3 Å². The maximum Gasteiger partial charge on any atom is 0.227 e. The topological polar surface area (TPSA) is 68.5 Å². The summed E-state index contributed by atoms with van der Waals surface area (Å²) in [5.74, 6) is 1.17. The number of thiophene rings is 2. The van der Waals surface area contributed by atoms with Crippen LogP contribution in [0.25, 0.3) is 11.4 Å². The highest BCUT2D eigenvalue weighted by Gasteiger charge is 2.23. The first-order chi connectivity index (χ1) is 13.3. The highest BCUT2D eigenvalue weighted by Crippen LogP contribution is 2.20. The van der Waals surface area contributed by atoms with Gasteiger partial charge in [0.2, 0.25) is 17.6 Å². The third-order valence-corrected chi connectivity index (χ3v) is 6.07. The maximum atomic E-state index is 12.9. The summed E-state index contributed by atoms with van der Waals surface area (Å²) in [6.45, 7) is 2.06. The predicted molar refractivity (Wildman–Crippen MR) is 105 cm³/mol. The standard InChI is InChI=1S/C19H21N3O3S2/c23-18(6-5-17-20-19(21-25-17)14-7-10-26-13-14)22(11-15-3-1-8-24-15)12-16-4-2-9-27-16/h2,4,7,9-10,13,15H,1,3,5-6,8,11-12H2. The summed E-state index contributed by atoms with van der Waals surface area (Å²) in [6.07, 6.45) is 3.02. The zero-order valence-electron chi connectivity index (χ0n) is 14.9. The Balaban J connectivity index is 1.37. The molecule has 1 aliphatic heterocycles. The van der Waals surface area contributed by atoms with Crippen molar-refractivity contribution in [2.75, 3.05) is 13.2 Å². The van der Waals surface area contributed by atoms with Crippen LogP contribution in [0.1, 0.15) is 30.0 Å². The van der Waals surface area contributed by atoms with E-state index in [2.05, 4.69) is 16.2 Å². The zero-order chi connectivity index (χ0) is 18.5. The summed E-state index contributed by atoms with van der Waals surface area (Å²) in [5, 5.41) is 9.99. The third-order valence-electron chi connectivity index (χ3n) is 4.53. The molecule has 0 bridgehead atoms. The SMILES string of the molecule is O=C(CCc1nc(-c2ccsc2)no1)N(Cc1cccs1)CC1CCCO1. The first-order valence-corrected chi connectivity index (χ1v) is 10.9. The van der Waals surface area contributed by atoms with E-state index in [-0.39, 0.29) is 12.0 Å². The number of hydrogen-bond acceptors (Lipinski definition) is 7. The van der Waals surface area contributed by atoms with Crippen molar-refractivity contribution in [1.29, 1.82) is 0 Å². The van der Waals surface area contributed by atoms with Crippen molar-refractivity contribution in [2.24, 2.45) is 0 Å². The van der Waals surface area contributed by atoms with Gasteiger partial charge < -0.3 is 14.2 Å². The van der Waals surface area contributed by atoms with E-state index < -0.39 is 0 Å². The Morgan fingerprint density at radius 1 is 1.33 bits per heavy atom. The minimum atomic E-state index is 0.0918. The van der Waals surface area contributed by atoms with Crippen LogP contribution in [-0.4, -0.2) is 40.2 Å². The molecule has 0 aromatic carbocycles. The molecule has 0 aliphatic carbocycles. The Kier molecular flexibility index (Phi) is 5.96. The molecule has 1 fully saturated rings. The number of aryl methyl sites for hydroxylation is 1. The molecule has 0 saturated carbocycles. The second-order valence-electron chi connectivity index (χ2n) is 6.51. The fraction of sp³-hybridized carbons (Fsp3) is 0.421. The first kappa shape index (κ1) is 18.3. The molecule has 3 aromatic heterocycles. The van der Waals surface area contributed by atoms with Gasteiger partial charge in [0, 0.05) is 41.8 Å². The van der Waals surface area contributed by atoms with Crippen LogP contribution in [0, 0.1) is 0 Å². The molecule has 0 spiro atoms. The fourth-order valence-electron chi connectivity index (χ4n) is 3.12. The van der Waals surface area contributed by atoms with Gasteiger partial charge in [-0.3, -0.25) is 4.79 Å². The number of nitrogens with zero attached hydrogens (tertiary/aromatic N) is 3. The van der Waals surface area contributed by atoms with E-state index in [1.807, 2.05) is 33.2 Å². The fourth-order valence-corrected chi connectivity index (χ4v) is 4.47. The highest BCUT2D eigenvalue weighted by atomic mass is 32.1. The molecule has 1 saturated heterocycles. The normalized spacial score (nSPS) is 16.7. The highest BCUT2D eigenvalue weighted by molar-refractivity contribution is 7.09. The number of carbonyl (C=O) groups is 1. The van der Waals surface area contributed by atoms with E-state index in [9.17, 15) is 4.79 Å².